The van der Waals surface area contributed by atoms with Gasteiger partial charge < -0.3 is 5.73 Å². The normalized spacial score (nSPS) is 16.6. The Kier molecular flexibility index (Phi) is 4.08. The molecular formula is C16H19FN4. The Morgan fingerprint density at radius 1 is 0.905 bits per heavy atom. The van der Waals surface area contributed by atoms with E-state index in [2.05, 4.69) is 15.0 Å². The topological polar surface area (TPSA) is 64.7 Å². The zero-order chi connectivity index (χ0) is 14.7. The molecule has 1 heterocycles. The smallest absolute Gasteiger partial charge is 0.223 e. The summed E-state index contributed by atoms with van der Waals surface area (Å²) in [6.45, 7) is 0. The molecule has 1 aromatic carbocycles. The van der Waals surface area contributed by atoms with Gasteiger partial charge in [-0.3, -0.25) is 0 Å². The lowest BCUT2D eigenvalue weighted by Crippen LogP contribution is -2.09. The van der Waals surface area contributed by atoms with Crippen molar-refractivity contribution < 1.29 is 4.39 Å². The van der Waals surface area contributed by atoms with Crippen molar-refractivity contribution in [2.24, 2.45) is 0 Å². The average molecular weight is 286 g/mol. The van der Waals surface area contributed by atoms with Crippen molar-refractivity contribution in [1.82, 2.24) is 15.0 Å². The molecule has 0 spiro atoms. The van der Waals surface area contributed by atoms with Gasteiger partial charge in [0.05, 0.1) is 0 Å². The van der Waals surface area contributed by atoms with Gasteiger partial charge in [0, 0.05) is 11.5 Å². The molecule has 4 nitrogen and oxygen atoms in total. The van der Waals surface area contributed by atoms with Gasteiger partial charge in [-0.25, -0.2) is 9.37 Å². The Labute approximate surface area is 123 Å². The van der Waals surface area contributed by atoms with Crippen LogP contribution in [-0.4, -0.2) is 15.0 Å². The fourth-order valence-corrected chi connectivity index (χ4v) is 2.86. The van der Waals surface area contributed by atoms with Gasteiger partial charge in [0.25, 0.3) is 0 Å². The summed E-state index contributed by atoms with van der Waals surface area (Å²) in [7, 11) is 0. The van der Waals surface area contributed by atoms with Crippen molar-refractivity contribution in [2.45, 2.75) is 44.4 Å². The minimum atomic E-state index is -0.273. The van der Waals surface area contributed by atoms with Crippen molar-refractivity contribution in [3.63, 3.8) is 0 Å². The van der Waals surface area contributed by atoms with Crippen LogP contribution in [0.25, 0.3) is 11.4 Å². The zero-order valence-electron chi connectivity index (χ0n) is 11.9. The maximum atomic E-state index is 13.0. The Bertz CT molecular complexity index is 604. The first kappa shape index (κ1) is 13.9. The summed E-state index contributed by atoms with van der Waals surface area (Å²) in [6, 6.07) is 6.14. The average Bonchev–Trinajstić information content (AvgIpc) is 2.76. The first-order chi connectivity index (χ1) is 10.2. The third-order valence-corrected chi connectivity index (χ3v) is 3.99. The molecule has 0 aliphatic heterocycles. The Morgan fingerprint density at radius 3 is 2.24 bits per heavy atom. The number of halogens is 1. The zero-order valence-corrected chi connectivity index (χ0v) is 11.9. The molecule has 0 bridgehead atoms. The van der Waals surface area contributed by atoms with E-state index in [0.29, 0.717) is 11.7 Å². The third kappa shape index (κ3) is 3.35. The number of aromatic nitrogens is 3. The predicted molar refractivity (Wildman–Crippen MR) is 80.1 cm³/mol. The van der Waals surface area contributed by atoms with E-state index in [9.17, 15) is 4.39 Å². The molecule has 1 aliphatic rings. The highest BCUT2D eigenvalue weighted by molar-refractivity contribution is 5.55. The number of hydrogen-bond donors (Lipinski definition) is 1. The van der Waals surface area contributed by atoms with Crippen LogP contribution in [0.4, 0.5) is 10.3 Å². The van der Waals surface area contributed by atoms with Crippen molar-refractivity contribution in [3.05, 3.63) is 35.9 Å². The molecule has 0 radical (unpaired) electrons. The van der Waals surface area contributed by atoms with Gasteiger partial charge in [0.15, 0.2) is 5.82 Å². The van der Waals surface area contributed by atoms with E-state index < -0.39 is 0 Å². The molecule has 110 valence electrons. The molecule has 0 unspecified atom stereocenters. The summed E-state index contributed by atoms with van der Waals surface area (Å²) in [5.41, 5.74) is 6.60. The number of nitrogens with two attached hydrogens (primary N) is 1. The highest BCUT2D eigenvalue weighted by Gasteiger charge is 2.19. The third-order valence-electron chi connectivity index (χ3n) is 3.99. The highest BCUT2D eigenvalue weighted by atomic mass is 19.1. The molecule has 1 aromatic heterocycles. The van der Waals surface area contributed by atoms with E-state index in [0.717, 1.165) is 24.2 Å². The summed E-state index contributed by atoms with van der Waals surface area (Å²) in [4.78, 5) is 13.1. The maximum Gasteiger partial charge on any atom is 0.223 e. The molecule has 3 rings (SSSR count). The van der Waals surface area contributed by atoms with Gasteiger partial charge in [-0.2, -0.15) is 9.97 Å². The Hall–Kier alpha value is -2.04. The van der Waals surface area contributed by atoms with E-state index >= 15 is 0 Å². The summed E-state index contributed by atoms with van der Waals surface area (Å²) in [6.07, 6.45) is 7.19. The second kappa shape index (κ2) is 6.16. The minimum Gasteiger partial charge on any atom is -0.368 e. The molecule has 1 aliphatic carbocycles. The molecule has 5 heteroatoms. The largest absolute Gasteiger partial charge is 0.368 e. The van der Waals surface area contributed by atoms with E-state index in [1.807, 2.05) is 0 Å². The summed E-state index contributed by atoms with van der Waals surface area (Å²) in [5, 5.41) is 0. The number of anilines is 1. The van der Waals surface area contributed by atoms with Crippen molar-refractivity contribution in [3.8, 4) is 11.4 Å². The molecule has 21 heavy (non-hydrogen) atoms. The number of hydrogen-bond acceptors (Lipinski definition) is 4. The van der Waals surface area contributed by atoms with Crippen molar-refractivity contribution >= 4 is 5.95 Å². The van der Waals surface area contributed by atoms with Crippen molar-refractivity contribution in [1.29, 1.82) is 0 Å². The van der Waals surface area contributed by atoms with Crippen LogP contribution in [-0.2, 0) is 0 Å². The first-order valence-corrected chi connectivity index (χ1v) is 7.50. The molecule has 0 saturated heterocycles. The van der Waals surface area contributed by atoms with Gasteiger partial charge in [-0.15, -0.1) is 0 Å². The standard InChI is InChI=1S/C16H19FN4/c17-13-9-7-12(8-10-13)15-19-14(20-16(18)21-15)11-5-3-1-2-4-6-11/h7-11H,1-6H2,(H2,18,19,20,21). The SMILES string of the molecule is Nc1nc(-c2ccc(F)cc2)nc(C2CCCCCC2)n1. The molecule has 1 fully saturated rings. The predicted octanol–water partition coefficient (Wildman–Crippen LogP) is 3.70. The van der Waals surface area contributed by atoms with Crippen LogP contribution in [0.5, 0.6) is 0 Å². The van der Waals surface area contributed by atoms with Gasteiger partial charge in [-0.1, -0.05) is 25.7 Å². The first-order valence-electron chi connectivity index (χ1n) is 7.50. The lowest BCUT2D eigenvalue weighted by molar-refractivity contribution is 0.559. The lowest BCUT2D eigenvalue weighted by Gasteiger charge is -2.13. The molecule has 2 N–H and O–H groups in total. The second-order valence-corrected chi connectivity index (χ2v) is 5.57. The monoisotopic (exact) mass is 286 g/mol. The fourth-order valence-electron chi connectivity index (χ4n) is 2.86. The van der Waals surface area contributed by atoms with Gasteiger partial charge >= 0.3 is 0 Å². The summed E-state index contributed by atoms with van der Waals surface area (Å²) >= 11 is 0. The van der Waals surface area contributed by atoms with Crippen molar-refractivity contribution in [2.75, 3.05) is 5.73 Å². The Balaban J connectivity index is 1.93. The fraction of sp³-hybridized carbons (Fsp3) is 0.438. The lowest BCUT2D eigenvalue weighted by atomic mass is 9.99. The number of nitrogen functional groups attached to an aromatic ring is 1. The molecule has 0 amide bonds. The number of benzene rings is 1. The maximum absolute atomic E-state index is 13.0. The molecule has 0 atom stereocenters. The van der Waals surface area contributed by atoms with Gasteiger partial charge in [0.1, 0.15) is 11.6 Å². The van der Waals surface area contributed by atoms with E-state index in [-0.39, 0.29) is 11.8 Å². The summed E-state index contributed by atoms with van der Waals surface area (Å²) in [5.74, 6) is 1.64. The van der Waals surface area contributed by atoms with Crippen LogP contribution in [0.2, 0.25) is 0 Å². The second-order valence-electron chi connectivity index (χ2n) is 5.57. The molecular weight excluding hydrogens is 267 g/mol. The van der Waals surface area contributed by atoms with Crippen LogP contribution in [0, 0.1) is 5.82 Å². The van der Waals surface area contributed by atoms with Gasteiger partial charge in [0.2, 0.25) is 5.95 Å². The number of nitrogens with zero attached hydrogens (tertiary/aromatic N) is 3. The van der Waals surface area contributed by atoms with E-state index in [1.165, 1.54) is 37.8 Å². The van der Waals surface area contributed by atoms with E-state index in [4.69, 9.17) is 5.73 Å². The van der Waals surface area contributed by atoms with E-state index in [1.54, 1.807) is 12.1 Å². The minimum absolute atomic E-state index is 0.239. The molecule has 2 aromatic rings. The molecule has 1 saturated carbocycles. The quantitative estimate of drug-likeness (QED) is 0.855. The van der Waals surface area contributed by atoms with Crippen LogP contribution in [0.15, 0.2) is 24.3 Å². The van der Waals surface area contributed by atoms with Gasteiger partial charge in [-0.05, 0) is 37.1 Å². The van der Waals surface area contributed by atoms with Crippen LogP contribution in [0.1, 0.15) is 50.3 Å². The highest BCUT2D eigenvalue weighted by Crippen LogP contribution is 2.30. The number of rotatable bonds is 2. The summed E-state index contributed by atoms with van der Waals surface area (Å²) < 4.78 is 13.0. The Morgan fingerprint density at radius 2 is 1.57 bits per heavy atom. The van der Waals surface area contributed by atoms with Crippen LogP contribution < -0.4 is 5.73 Å². The van der Waals surface area contributed by atoms with Crippen LogP contribution in [0.3, 0.4) is 0 Å². The van der Waals surface area contributed by atoms with Crippen LogP contribution >= 0.6 is 0 Å².